The predicted octanol–water partition coefficient (Wildman–Crippen LogP) is 4.57. The van der Waals surface area contributed by atoms with E-state index in [1.807, 2.05) is 0 Å². The maximum atomic E-state index is 3.43. The lowest BCUT2D eigenvalue weighted by atomic mass is 10.1. The van der Waals surface area contributed by atoms with Crippen LogP contribution in [0.1, 0.15) is 30.0 Å². The summed E-state index contributed by atoms with van der Waals surface area (Å²) in [5.74, 6) is 0. The molecule has 0 bridgehead atoms. The van der Waals surface area contributed by atoms with Gasteiger partial charge < -0.3 is 10.2 Å². The minimum absolute atomic E-state index is 0.946. The fourth-order valence-electron chi connectivity index (χ4n) is 2.57. The van der Waals surface area contributed by atoms with Crippen LogP contribution in [0.2, 0.25) is 0 Å². The molecule has 0 fully saturated rings. The molecule has 0 aromatic heterocycles. The van der Waals surface area contributed by atoms with Gasteiger partial charge in [0.05, 0.1) is 0 Å². The molecule has 2 nitrogen and oxygen atoms in total. The standard InChI is InChI=1S/C19H26N2/c1-5-12-20-14-17-7-9-18(10-8-17)21(4)19-11-6-15(2)13-16(19)3/h6-11,13,20H,5,12,14H2,1-4H3. The van der Waals surface area contributed by atoms with Gasteiger partial charge in [-0.2, -0.15) is 0 Å². The maximum Gasteiger partial charge on any atom is 0.0437 e. The first-order chi connectivity index (χ1) is 10.1. The van der Waals surface area contributed by atoms with E-state index < -0.39 is 0 Å². The van der Waals surface area contributed by atoms with Crippen LogP contribution in [-0.2, 0) is 6.54 Å². The first-order valence-corrected chi connectivity index (χ1v) is 7.72. The highest BCUT2D eigenvalue weighted by Crippen LogP contribution is 2.27. The van der Waals surface area contributed by atoms with E-state index in [1.165, 1.54) is 34.5 Å². The normalized spacial score (nSPS) is 10.7. The molecule has 0 amide bonds. The van der Waals surface area contributed by atoms with E-state index in [2.05, 4.69) is 80.5 Å². The lowest BCUT2D eigenvalue weighted by Crippen LogP contribution is -2.14. The quantitative estimate of drug-likeness (QED) is 0.781. The van der Waals surface area contributed by atoms with Crippen molar-refractivity contribution >= 4 is 11.4 Å². The Kier molecular flexibility index (Phi) is 5.40. The van der Waals surface area contributed by atoms with Gasteiger partial charge in [-0.15, -0.1) is 0 Å². The summed E-state index contributed by atoms with van der Waals surface area (Å²) in [5.41, 5.74) is 6.44. The molecule has 1 N–H and O–H groups in total. The summed E-state index contributed by atoms with van der Waals surface area (Å²) in [6.07, 6.45) is 1.17. The smallest absolute Gasteiger partial charge is 0.0437 e. The van der Waals surface area contributed by atoms with Crippen molar-refractivity contribution in [1.82, 2.24) is 5.32 Å². The molecular weight excluding hydrogens is 256 g/mol. The third-order valence-electron chi connectivity index (χ3n) is 3.79. The lowest BCUT2D eigenvalue weighted by Gasteiger charge is -2.22. The van der Waals surface area contributed by atoms with Crippen LogP contribution in [-0.4, -0.2) is 13.6 Å². The molecule has 2 aromatic carbocycles. The summed E-state index contributed by atoms with van der Waals surface area (Å²) in [6.45, 7) is 8.51. The summed E-state index contributed by atoms with van der Waals surface area (Å²) in [6, 6.07) is 15.4. The Morgan fingerprint density at radius 3 is 2.33 bits per heavy atom. The number of rotatable bonds is 6. The van der Waals surface area contributed by atoms with Crippen LogP contribution in [0.4, 0.5) is 11.4 Å². The molecule has 0 aliphatic rings. The predicted molar refractivity (Wildman–Crippen MR) is 92.4 cm³/mol. The summed E-state index contributed by atoms with van der Waals surface area (Å²) < 4.78 is 0. The number of nitrogens with zero attached hydrogens (tertiary/aromatic N) is 1. The number of nitrogens with one attached hydrogen (secondary N) is 1. The maximum absolute atomic E-state index is 3.43. The third kappa shape index (κ3) is 4.08. The van der Waals surface area contributed by atoms with E-state index in [0.717, 1.165) is 13.1 Å². The molecule has 2 rings (SSSR count). The van der Waals surface area contributed by atoms with Crippen LogP contribution in [0.5, 0.6) is 0 Å². The molecule has 112 valence electrons. The lowest BCUT2D eigenvalue weighted by molar-refractivity contribution is 0.675. The number of hydrogen-bond donors (Lipinski definition) is 1. The second kappa shape index (κ2) is 7.28. The van der Waals surface area contributed by atoms with Crippen molar-refractivity contribution in [3.8, 4) is 0 Å². The van der Waals surface area contributed by atoms with Gasteiger partial charge in [0.2, 0.25) is 0 Å². The van der Waals surface area contributed by atoms with Crippen molar-refractivity contribution in [3.63, 3.8) is 0 Å². The van der Waals surface area contributed by atoms with E-state index >= 15 is 0 Å². The van der Waals surface area contributed by atoms with Gasteiger partial charge >= 0.3 is 0 Å². The molecule has 0 saturated heterocycles. The first-order valence-electron chi connectivity index (χ1n) is 7.72. The second-order valence-electron chi connectivity index (χ2n) is 5.69. The number of benzene rings is 2. The minimum Gasteiger partial charge on any atom is -0.344 e. The molecule has 0 atom stereocenters. The Hall–Kier alpha value is -1.80. The topological polar surface area (TPSA) is 15.3 Å². The van der Waals surface area contributed by atoms with Crippen molar-refractivity contribution in [2.24, 2.45) is 0 Å². The Morgan fingerprint density at radius 1 is 1.00 bits per heavy atom. The van der Waals surface area contributed by atoms with E-state index in [0.29, 0.717) is 0 Å². The molecule has 0 unspecified atom stereocenters. The fraction of sp³-hybridized carbons (Fsp3) is 0.368. The van der Waals surface area contributed by atoms with E-state index in [1.54, 1.807) is 0 Å². The summed E-state index contributed by atoms with van der Waals surface area (Å²) in [7, 11) is 2.13. The monoisotopic (exact) mass is 282 g/mol. The number of anilines is 2. The molecule has 0 radical (unpaired) electrons. The van der Waals surface area contributed by atoms with Crippen LogP contribution in [0.25, 0.3) is 0 Å². The summed E-state index contributed by atoms with van der Waals surface area (Å²) in [5, 5.41) is 3.43. The van der Waals surface area contributed by atoms with E-state index in [4.69, 9.17) is 0 Å². The Bertz CT molecular complexity index is 573. The second-order valence-corrected chi connectivity index (χ2v) is 5.69. The van der Waals surface area contributed by atoms with Gasteiger partial charge in [0.25, 0.3) is 0 Å². The number of aryl methyl sites for hydroxylation is 2. The average molecular weight is 282 g/mol. The zero-order valence-corrected chi connectivity index (χ0v) is 13.6. The van der Waals surface area contributed by atoms with Gasteiger partial charge in [-0.25, -0.2) is 0 Å². The van der Waals surface area contributed by atoms with Crippen molar-refractivity contribution in [2.45, 2.75) is 33.7 Å². The highest BCUT2D eigenvalue weighted by molar-refractivity contribution is 5.66. The largest absolute Gasteiger partial charge is 0.344 e. The van der Waals surface area contributed by atoms with Crippen LogP contribution in [0, 0.1) is 13.8 Å². The molecule has 0 aliphatic heterocycles. The Balaban J connectivity index is 2.10. The molecule has 0 spiro atoms. The zero-order valence-electron chi connectivity index (χ0n) is 13.6. The van der Waals surface area contributed by atoms with Crippen LogP contribution >= 0.6 is 0 Å². The van der Waals surface area contributed by atoms with Gasteiger partial charge in [-0.3, -0.25) is 0 Å². The van der Waals surface area contributed by atoms with Gasteiger partial charge in [0.15, 0.2) is 0 Å². The fourth-order valence-corrected chi connectivity index (χ4v) is 2.57. The summed E-state index contributed by atoms with van der Waals surface area (Å²) >= 11 is 0. The van der Waals surface area contributed by atoms with Crippen LogP contribution in [0.3, 0.4) is 0 Å². The first kappa shape index (κ1) is 15.6. The van der Waals surface area contributed by atoms with Crippen LogP contribution < -0.4 is 10.2 Å². The molecule has 21 heavy (non-hydrogen) atoms. The van der Waals surface area contributed by atoms with Crippen molar-refractivity contribution in [1.29, 1.82) is 0 Å². The van der Waals surface area contributed by atoms with Gasteiger partial charge in [0, 0.05) is 25.0 Å². The molecule has 2 heteroatoms. The molecule has 0 saturated carbocycles. The van der Waals surface area contributed by atoms with Gasteiger partial charge in [-0.1, -0.05) is 36.8 Å². The molecule has 0 heterocycles. The third-order valence-corrected chi connectivity index (χ3v) is 3.79. The Labute approximate surface area is 128 Å². The minimum atomic E-state index is 0.946. The van der Waals surface area contributed by atoms with Crippen LogP contribution in [0.15, 0.2) is 42.5 Å². The van der Waals surface area contributed by atoms with Crippen molar-refractivity contribution < 1.29 is 0 Å². The van der Waals surface area contributed by atoms with Gasteiger partial charge in [0.1, 0.15) is 0 Å². The van der Waals surface area contributed by atoms with Crippen molar-refractivity contribution in [2.75, 3.05) is 18.5 Å². The Morgan fingerprint density at radius 2 is 1.71 bits per heavy atom. The van der Waals surface area contributed by atoms with E-state index in [-0.39, 0.29) is 0 Å². The molecule has 2 aromatic rings. The van der Waals surface area contributed by atoms with Gasteiger partial charge in [-0.05, 0) is 56.1 Å². The summed E-state index contributed by atoms with van der Waals surface area (Å²) in [4.78, 5) is 2.25. The van der Waals surface area contributed by atoms with Crippen molar-refractivity contribution in [3.05, 3.63) is 59.2 Å². The van der Waals surface area contributed by atoms with E-state index in [9.17, 15) is 0 Å². The molecular formula is C19H26N2. The highest BCUT2D eigenvalue weighted by atomic mass is 15.1. The molecule has 0 aliphatic carbocycles. The zero-order chi connectivity index (χ0) is 15.2. The highest BCUT2D eigenvalue weighted by Gasteiger charge is 2.07. The SMILES string of the molecule is CCCNCc1ccc(N(C)c2ccc(C)cc2C)cc1. The number of hydrogen-bond acceptors (Lipinski definition) is 2. The average Bonchev–Trinajstić information content (AvgIpc) is 2.48.